The Labute approximate surface area is 210 Å². The van der Waals surface area contributed by atoms with E-state index in [1.165, 1.54) is 6.92 Å². The van der Waals surface area contributed by atoms with E-state index in [-0.39, 0.29) is 5.91 Å². The molecule has 1 amide bonds. The maximum absolute atomic E-state index is 13.1. The molecular weight excluding hydrogens is 464 g/mol. The molecule has 1 aliphatic heterocycles. The molecule has 4 rings (SSSR count). The van der Waals surface area contributed by atoms with Crippen molar-refractivity contribution in [1.82, 2.24) is 15.2 Å². The highest BCUT2D eigenvalue weighted by Crippen LogP contribution is 2.45. The molecule has 35 heavy (non-hydrogen) atoms. The number of unbranched alkanes of at least 4 members (excludes halogenated alkanes) is 1. The van der Waals surface area contributed by atoms with E-state index in [9.17, 15) is 4.79 Å². The van der Waals surface area contributed by atoms with Crippen molar-refractivity contribution in [1.29, 1.82) is 0 Å². The number of methoxy groups -OCH3 is 2. The fourth-order valence-electron chi connectivity index (χ4n) is 3.97. The van der Waals surface area contributed by atoms with Gasteiger partial charge in [0.15, 0.2) is 5.69 Å². The molecule has 2 heterocycles. The monoisotopic (exact) mass is 494 g/mol. The first-order chi connectivity index (χ1) is 17.0. The molecule has 1 unspecified atom stereocenters. The van der Waals surface area contributed by atoms with Gasteiger partial charge in [-0.3, -0.25) is 9.69 Å². The Hall–Kier alpha value is -3.33. The molecular formula is C26H30N4O4S. The summed E-state index contributed by atoms with van der Waals surface area (Å²) in [7, 11) is 3.17. The number of carbonyl (C=O) groups is 1. The van der Waals surface area contributed by atoms with Crippen molar-refractivity contribution in [2.75, 3.05) is 24.9 Å². The molecule has 3 aromatic rings. The number of hydrogen-bond acceptors (Lipinski definition) is 8. The van der Waals surface area contributed by atoms with Crippen LogP contribution in [-0.2, 0) is 11.2 Å². The first-order valence-corrected chi connectivity index (χ1v) is 12.7. The number of thioether (sulfide) groups is 1. The van der Waals surface area contributed by atoms with Gasteiger partial charge in [-0.2, -0.15) is 4.98 Å². The van der Waals surface area contributed by atoms with Crippen molar-refractivity contribution in [2.24, 2.45) is 0 Å². The van der Waals surface area contributed by atoms with Crippen LogP contribution in [0.25, 0.3) is 11.3 Å². The minimum absolute atomic E-state index is 0.184. The van der Waals surface area contributed by atoms with Crippen LogP contribution in [0.1, 0.15) is 51.0 Å². The van der Waals surface area contributed by atoms with Gasteiger partial charge in [0.2, 0.25) is 23.2 Å². The molecule has 0 aliphatic carbocycles. The van der Waals surface area contributed by atoms with Gasteiger partial charge in [-0.25, -0.2) is 0 Å². The topological polar surface area (TPSA) is 86.7 Å². The van der Waals surface area contributed by atoms with Crippen LogP contribution in [0.15, 0.2) is 41.6 Å². The van der Waals surface area contributed by atoms with Crippen LogP contribution in [0.4, 0.5) is 5.69 Å². The van der Waals surface area contributed by atoms with Crippen molar-refractivity contribution in [3.8, 4) is 28.6 Å². The van der Waals surface area contributed by atoms with E-state index in [1.807, 2.05) is 30.3 Å². The van der Waals surface area contributed by atoms with Crippen LogP contribution in [0.3, 0.4) is 0 Å². The highest BCUT2D eigenvalue weighted by atomic mass is 32.2. The highest BCUT2D eigenvalue weighted by Gasteiger charge is 2.36. The Morgan fingerprint density at radius 1 is 1.11 bits per heavy atom. The lowest BCUT2D eigenvalue weighted by molar-refractivity contribution is -0.118. The number of aromatic nitrogens is 3. The number of hydrogen-bond donors (Lipinski definition) is 0. The van der Waals surface area contributed by atoms with E-state index in [2.05, 4.69) is 24.0 Å². The largest absolute Gasteiger partial charge is 0.497 e. The standard InChI is InChI=1S/C26H30N4O4S/c1-6-8-13-35-26-27-24-23(28-29-26)20-14-17(7-2)9-12-21(20)30(16(3)31)25(34-24)19-11-10-18(32-4)15-22(19)33-5/h9-12,14-15,25H,6-8,13H2,1-5H3. The molecule has 1 aliphatic rings. The number of nitrogens with zero attached hydrogens (tertiary/aromatic N) is 4. The fraction of sp³-hybridized carbons (Fsp3) is 0.385. The molecule has 8 nitrogen and oxygen atoms in total. The summed E-state index contributed by atoms with van der Waals surface area (Å²) in [6.07, 6.45) is 2.15. The van der Waals surface area contributed by atoms with Gasteiger partial charge < -0.3 is 14.2 Å². The highest BCUT2D eigenvalue weighted by molar-refractivity contribution is 7.99. The maximum atomic E-state index is 13.1. The summed E-state index contributed by atoms with van der Waals surface area (Å²) in [5.41, 5.74) is 3.73. The van der Waals surface area contributed by atoms with Crippen LogP contribution in [0, 0.1) is 0 Å². The first kappa shape index (κ1) is 24.8. The van der Waals surface area contributed by atoms with Gasteiger partial charge in [0, 0.05) is 24.3 Å². The molecule has 0 radical (unpaired) electrons. The Morgan fingerprint density at radius 2 is 1.94 bits per heavy atom. The zero-order chi connectivity index (χ0) is 24.9. The summed E-state index contributed by atoms with van der Waals surface area (Å²) in [5, 5.41) is 9.42. The van der Waals surface area contributed by atoms with E-state index in [4.69, 9.17) is 19.2 Å². The summed E-state index contributed by atoms with van der Waals surface area (Å²) in [4.78, 5) is 19.4. The molecule has 184 valence electrons. The normalized spacial score (nSPS) is 14.4. The summed E-state index contributed by atoms with van der Waals surface area (Å²) in [6.45, 7) is 5.75. The third-order valence-electron chi connectivity index (χ3n) is 5.85. The first-order valence-electron chi connectivity index (χ1n) is 11.7. The predicted octanol–water partition coefficient (Wildman–Crippen LogP) is 5.45. The summed E-state index contributed by atoms with van der Waals surface area (Å²) in [6, 6.07) is 11.4. The van der Waals surface area contributed by atoms with Gasteiger partial charge in [-0.15, -0.1) is 10.2 Å². The van der Waals surface area contributed by atoms with Crippen LogP contribution in [0.2, 0.25) is 0 Å². The van der Waals surface area contributed by atoms with E-state index >= 15 is 0 Å². The molecule has 0 spiro atoms. The number of amides is 1. The molecule has 9 heteroatoms. The number of ether oxygens (including phenoxy) is 3. The number of benzene rings is 2. The van der Waals surface area contributed by atoms with Crippen molar-refractivity contribution >= 4 is 23.4 Å². The third kappa shape index (κ3) is 5.05. The van der Waals surface area contributed by atoms with Crippen LogP contribution >= 0.6 is 11.8 Å². The second kappa shape index (κ2) is 10.9. The van der Waals surface area contributed by atoms with Crippen molar-refractivity contribution < 1.29 is 19.0 Å². The fourth-order valence-corrected chi connectivity index (χ4v) is 4.83. The quantitative estimate of drug-likeness (QED) is 0.302. The van der Waals surface area contributed by atoms with E-state index in [0.717, 1.165) is 36.1 Å². The zero-order valence-electron chi connectivity index (χ0n) is 20.7. The van der Waals surface area contributed by atoms with Crippen molar-refractivity contribution in [2.45, 2.75) is 51.4 Å². The average Bonchev–Trinajstić information content (AvgIpc) is 3.02. The number of rotatable bonds is 8. The van der Waals surface area contributed by atoms with E-state index in [0.29, 0.717) is 39.5 Å². The van der Waals surface area contributed by atoms with Crippen LogP contribution in [-0.4, -0.2) is 41.1 Å². The number of aryl methyl sites for hydroxylation is 1. The van der Waals surface area contributed by atoms with Crippen LogP contribution < -0.4 is 19.1 Å². The molecule has 0 saturated heterocycles. The van der Waals surface area contributed by atoms with E-state index in [1.54, 1.807) is 36.9 Å². The summed E-state index contributed by atoms with van der Waals surface area (Å²) >= 11 is 1.54. The lowest BCUT2D eigenvalue weighted by Crippen LogP contribution is -2.36. The minimum Gasteiger partial charge on any atom is -0.497 e. The van der Waals surface area contributed by atoms with Gasteiger partial charge in [-0.1, -0.05) is 38.1 Å². The molecule has 0 fully saturated rings. The molecule has 1 atom stereocenters. The Balaban J connectivity index is 1.92. The van der Waals surface area contributed by atoms with Crippen LogP contribution in [0.5, 0.6) is 17.4 Å². The van der Waals surface area contributed by atoms with Crippen molar-refractivity contribution in [3.63, 3.8) is 0 Å². The number of fused-ring (bicyclic) bond motifs is 3. The van der Waals surface area contributed by atoms with Crippen molar-refractivity contribution in [3.05, 3.63) is 47.5 Å². The second-order valence-electron chi connectivity index (χ2n) is 8.12. The summed E-state index contributed by atoms with van der Waals surface area (Å²) in [5.74, 6) is 2.22. The van der Waals surface area contributed by atoms with Gasteiger partial charge in [0.1, 0.15) is 11.5 Å². The zero-order valence-corrected chi connectivity index (χ0v) is 21.5. The molecule has 0 N–H and O–H groups in total. The molecule has 1 aromatic heterocycles. The SMILES string of the molecule is CCCCSc1nnc2c(n1)OC(c1ccc(OC)cc1OC)N(C(C)=O)c1ccc(CC)cc1-2. The molecule has 0 bridgehead atoms. The third-order valence-corrected chi connectivity index (χ3v) is 6.78. The van der Waals surface area contributed by atoms with E-state index < -0.39 is 6.23 Å². The van der Waals surface area contributed by atoms with Gasteiger partial charge in [-0.05, 0) is 42.7 Å². The lowest BCUT2D eigenvalue weighted by atomic mass is 10.0. The predicted molar refractivity (Wildman–Crippen MR) is 136 cm³/mol. The minimum atomic E-state index is -0.828. The number of anilines is 1. The van der Waals surface area contributed by atoms with Gasteiger partial charge in [0.25, 0.3) is 0 Å². The Bertz CT molecular complexity index is 1220. The molecule has 2 aromatic carbocycles. The lowest BCUT2D eigenvalue weighted by Gasteiger charge is -2.31. The number of carbonyl (C=O) groups excluding carboxylic acids is 1. The average molecular weight is 495 g/mol. The second-order valence-corrected chi connectivity index (χ2v) is 9.18. The molecule has 0 saturated carbocycles. The smallest absolute Gasteiger partial charge is 0.247 e. The Kier molecular flexibility index (Phi) is 7.75. The Morgan fingerprint density at radius 3 is 2.63 bits per heavy atom. The maximum Gasteiger partial charge on any atom is 0.247 e. The summed E-state index contributed by atoms with van der Waals surface area (Å²) < 4.78 is 17.5. The van der Waals surface area contributed by atoms with Gasteiger partial charge >= 0.3 is 0 Å². The van der Waals surface area contributed by atoms with Gasteiger partial charge in [0.05, 0.1) is 25.5 Å².